The van der Waals surface area contributed by atoms with Crippen LogP contribution in [0.2, 0.25) is 0 Å². The normalized spacial score (nSPS) is 11.1. The first-order valence-electron chi connectivity index (χ1n) is 12.0. The number of aryl methyl sites for hydroxylation is 3. The van der Waals surface area contributed by atoms with Crippen LogP contribution in [0.3, 0.4) is 0 Å². The zero-order valence-electron chi connectivity index (χ0n) is 20.6. The summed E-state index contributed by atoms with van der Waals surface area (Å²) in [5.74, 6) is -0.228. The van der Waals surface area contributed by atoms with Gasteiger partial charge in [-0.25, -0.2) is 4.39 Å². The molecule has 0 aliphatic carbocycles. The van der Waals surface area contributed by atoms with Crippen LogP contribution in [0.5, 0.6) is 0 Å². The molecule has 0 fully saturated rings. The number of amides is 1. The quantitative estimate of drug-likeness (QED) is 0.307. The Hall–Kier alpha value is -3.74. The summed E-state index contributed by atoms with van der Waals surface area (Å²) in [5.41, 5.74) is 6.43. The monoisotopic (exact) mass is 473 g/mol. The van der Waals surface area contributed by atoms with E-state index in [1.165, 1.54) is 12.1 Å². The lowest BCUT2D eigenvalue weighted by molar-refractivity contribution is 0.0792. The lowest BCUT2D eigenvalue weighted by Gasteiger charge is -2.17. The van der Waals surface area contributed by atoms with Gasteiger partial charge in [-0.1, -0.05) is 30.7 Å². The maximum absolute atomic E-state index is 13.4. The molecule has 0 saturated carbocycles. The van der Waals surface area contributed by atoms with E-state index < -0.39 is 0 Å². The van der Waals surface area contributed by atoms with E-state index in [2.05, 4.69) is 21.4 Å². The highest BCUT2D eigenvalue weighted by atomic mass is 19.1. The van der Waals surface area contributed by atoms with Gasteiger partial charge in [0.1, 0.15) is 5.82 Å². The van der Waals surface area contributed by atoms with Gasteiger partial charge in [-0.15, -0.1) is 0 Å². The van der Waals surface area contributed by atoms with Gasteiger partial charge in [0, 0.05) is 36.1 Å². The molecule has 2 aromatic heterocycles. The molecule has 0 radical (unpaired) electrons. The van der Waals surface area contributed by atoms with Crippen LogP contribution in [0.1, 0.15) is 52.3 Å². The Morgan fingerprint density at radius 1 is 1.03 bits per heavy atom. The fourth-order valence-corrected chi connectivity index (χ4v) is 4.26. The molecule has 0 aliphatic rings. The summed E-state index contributed by atoms with van der Waals surface area (Å²) in [4.78, 5) is 14.7. The van der Waals surface area contributed by atoms with Crippen LogP contribution in [-0.4, -0.2) is 44.4 Å². The van der Waals surface area contributed by atoms with Crippen LogP contribution in [0.4, 0.5) is 4.39 Å². The van der Waals surface area contributed by atoms with Crippen molar-refractivity contribution < 1.29 is 9.18 Å². The number of benzene rings is 2. The van der Waals surface area contributed by atoms with Crippen LogP contribution in [0.15, 0.2) is 60.7 Å². The second kappa shape index (κ2) is 11.1. The van der Waals surface area contributed by atoms with Crippen molar-refractivity contribution in [2.75, 3.05) is 13.6 Å². The van der Waals surface area contributed by atoms with Gasteiger partial charge in [0.25, 0.3) is 5.91 Å². The SMILES string of the molecule is Cc1cc(C)n(Cc2cccc(C(=O)N(C)CCCCCc3cc(-c4cccc(F)c4)n[nH]3)c2)n1. The number of halogens is 1. The highest BCUT2D eigenvalue weighted by molar-refractivity contribution is 5.94. The Balaban J connectivity index is 1.22. The highest BCUT2D eigenvalue weighted by Crippen LogP contribution is 2.19. The predicted molar refractivity (Wildman–Crippen MR) is 136 cm³/mol. The minimum atomic E-state index is -0.263. The van der Waals surface area contributed by atoms with Gasteiger partial charge in [-0.2, -0.15) is 10.2 Å². The Morgan fingerprint density at radius 2 is 1.86 bits per heavy atom. The van der Waals surface area contributed by atoms with Crippen molar-refractivity contribution in [3.8, 4) is 11.3 Å². The lowest BCUT2D eigenvalue weighted by atomic mass is 10.1. The standard InChI is InChI=1S/C28H32FN5O/c1-20-15-21(2)34(32-20)19-22-9-7-11-24(16-22)28(35)33(3)14-6-4-5-13-26-18-27(31-30-26)23-10-8-12-25(29)17-23/h7-12,15-18H,4-6,13-14,19H2,1-3H3,(H,30,31). The molecule has 4 rings (SSSR count). The van der Waals surface area contributed by atoms with Crippen molar-refractivity contribution in [3.05, 3.63) is 94.7 Å². The number of carbonyl (C=O) groups excluding carboxylic acids is 1. The average molecular weight is 474 g/mol. The summed E-state index contributed by atoms with van der Waals surface area (Å²) in [6.45, 7) is 5.38. The van der Waals surface area contributed by atoms with Crippen LogP contribution in [0, 0.1) is 19.7 Å². The molecule has 0 saturated heterocycles. The zero-order chi connectivity index (χ0) is 24.8. The van der Waals surface area contributed by atoms with E-state index in [0.717, 1.165) is 59.6 Å². The topological polar surface area (TPSA) is 66.8 Å². The van der Waals surface area contributed by atoms with Gasteiger partial charge < -0.3 is 4.90 Å². The molecule has 2 heterocycles. The minimum Gasteiger partial charge on any atom is -0.342 e. The molecule has 0 unspecified atom stereocenters. The maximum Gasteiger partial charge on any atom is 0.253 e. The number of unbranched alkanes of at least 4 members (excludes halogenated alkanes) is 2. The van der Waals surface area contributed by atoms with E-state index in [1.54, 1.807) is 11.0 Å². The second-order valence-corrected chi connectivity index (χ2v) is 9.11. The summed E-state index contributed by atoms with van der Waals surface area (Å²) < 4.78 is 15.4. The van der Waals surface area contributed by atoms with Crippen molar-refractivity contribution >= 4 is 5.91 Å². The van der Waals surface area contributed by atoms with Gasteiger partial charge in [0.15, 0.2) is 0 Å². The van der Waals surface area contributed by atoms with E-state index in [-0.39, 0.29) is 11.7 Å². The number of nitrogens with one attached hydrogen (secondary N) is 1. The smallest absolute Gasteiger partial charge is 0.253 e. The van der Waals surface area contributed by atoms with E-state index in [0.29, 0.717) is 18.7 Å². The number of rotatable bonds is 10. The number of carbonyl (C=O) groups is 1. The maximum atomic E-state index is 13.4. The largest absolute Gasteiger partial charge is 0.342 e. The molecule has 182 valence electrons. The average Bonchev–Trinajstić information content (AvgIpc) is 3.44. The summed E-state index contributed by atoms with van der Waals surface area (Å²) in [5, 5.41) is 11.9. The molecule has 1 N–H and O–H groups in total. The number of H-pyrrole nitrogens is 1. The highest BCUT2D eigenvalue weighted by Gasteiger charge is 2.13. The van der Waals surface area contributed by atoms with Gasteiger partial charge in [-0.05, 0) is 75.1 Å². The molecule has 0 atom stereocenters. The van der Waals surface area contributed by atoms with Gasteiger partial charge in [-0.3, -0.25) is 14.6 Å². The molecule has 35 heavy (non-hydrogen) atoms. The van der Waals surface area contributed by atoms with Gasteiger partial charge >= 0.3 is 0 Å². The fraction of sp³-hybridized carbons (Fsp3) is 0.321. The first-order valence-corrected chi connectivity index (χ1v) is 12.0. The summed E-state index contributed by atoms with van der Waals surface area (Å²) in [6.07, 6.45) is 3.79. The van der Waals surface area contributed by atoms with E-state index in [1.807, 2.05) is 62.0 Å². The number of aromatic amines is 1. The number of hydrogen-bond donors (Lipinski definition) is 1. The second-order valence-electron chi connectivity index (χ2n) is 9.11. The number of hydrogen-bond acceptors (Lipinski definition) is 3. The Labute approximate surface area is 205 Å². The van der Waals surface area contributed by atoms with Crippen molar-refractivity contribution in [3.63, 3.8) is 0 Å². The molecular weight excluding hydrogens is 441 g/mol. The van der Waals surface area contributed by atoms with E-state index in [9.17, 15) is 9.18 Å². The summed E-state index contributed by atoms with van der Waals surface area (Å²) in [6, 6.07) is 18.3. The Kier molecular flexibility index (Phi) is 7.75. The van der Waals surface area contributed by atoms with Crippen LogP contribution < -0.4 is 0 Å². The van der Waals surface area contributed by atoms with Crippen LogP contribution >= 0.6 is 0 Å². The summed E-state index contributed by atoms with van der Waals surface area (Å²) >= 11 is 0. The number of nitrogens with zero attached hydrogens (tertiary/aromatic N) is 4. The third-order valence-corrected chi connectivity index (χ3v) is 6.15. The molecule has 0 bridgehead atoms. The molecule has 6 nitrogen and oxygen atoms in total. The van der Waals surface area contributed by atoms with E-state index >= 15 is 0 Å². The lowest BCUT2D eigenvalue weighted by Crippen LogP contribution is -2.27. The third kappa shape index (κ3) is 6.44. The molecule has 2 aromatic carbocycles. The van der Waals surface area contributed by atoms with Crippen molar-refractivity contribution in [2.45, 2.75) is 46.1 Å². The molecule has 0 spiro atoms. The molecular formula is C28H32FN5O. The fourth-order valence-electron chi connectivity index (χ4n) is 4.26. The third-order valence-electron chi connectivity index (χ3n) is 6.15. The van der Waals surface area contributed by atoms with Crippen LogP contribution in [0.25, 0.3) is 11.3 Å². The minimum absolute atomic E-state index is 0.0357. The molecule has 4 aromatic rings. The summed E-state index contributed by atoms with van der Waals surface area (Å²) in [7, 11) is 1.86. The first kappa shape index (κ1) is 24.4. The van der Waals surface area contributed by atoms with Crippen molar-refractivity contribution in [1.82, 2.24) is 24.9 Å². The zero-order valence-corrected chi connectivity index (χ0v) is 20.6. The van der Waals surface area contributed by atoms with Crippen molar-refractivity contribution in [2.24, 2.45) is 0 Å². The van der Waals surface area contributed by atoms with Crippen LogP contribution in [-0.2, 0) is 13.0 Å². The van der Waals surface area contributed by atoms with Crippen molar-refractivity contribution in [1.29, 1.82) is 0 Å². The number of aromatic nitrogens is 4. The van der Waals surface area contributed by atoms with Gasteiger partial charge in [0.05, 0.1) is 17.9 Å². The molecule has 0 aliphatic heterocycles. The molecule has 1 amide bonds. The molecule has 7 heteroatoms. The Morgan fingerprint density at radius 3 is 2.63 bits per heavy atom. The predicted octanol–water partition coefficient (Wildman–Crippen LogP) is 5.56. The van der Waals surface area contributed by atoms with E-state index in [4.69, 9.17) is 0 Å². The van der Waals surface area contributed by atoms with Gasteiger partial charge in [0.2, 0.25) is 0 Å². The Bertz CT molecular complexity index is 1290. The first-order chi connectivity index (χ1) is 16.9.